The standard InChI is InChI=1S/C18H21N3O4/c1-10(2)8-16(23)19-13-5-3-4-11-12(13)9-21(18(11)25)14-6-7-15(22)20-17(14)24/h3-5,10,14H,6-9H2,1-2H3,(H,19,23)(H,20,22,24). The topological polar surface area (TPSA) is 95.6 Å². The summed E-state index contributed by atoms with van der Waals surface area (Å²) in [6, 6.07) is 4.52. The van der Waals surface area contributed by atoms with Crippen molar-refractivity contribution in [3.63, 3.8) is 0 Å². The number of carbonyl (C=O) groups excluding carboxylic acids is 4. The van der Waals surface area contributed by atoms with Crippen LogP contribution in [0.25, 0.3) is 0 Å². The summed E-state index contributed by atoms with van der Waals surface area (Å²) in [5.41, 5.74) is 1.81. The molecule has 0 radical (unpaired) electrons. The summed E-state index contributed by atoms with van der Waals surface area (Å²) in [5.74, 6) is -0.868. The molecule has 0 aliphatic carbocycles. The molecule has 7 nitrogen and oxygen atoms in total. The predicted molar refractivity (Wildman–Crippen MR) is 90.6 cm³/mol. The lowest BCUT2D eigenvalue weighted by atomic mass is 10.0. The van der Waals surface area contributed by atoms with Gasteiger partial charge in [0.1, 0.15) is 6.04 Å². The van der Waals surface area contributed by atoms with Crippen LogP contribution in [0.1, 0.15) is 49.0 Å². The summed E-state index contributed by atoms with van der Waals surface area (Å²) < 4.78 is 0. The highest BCUT2D eigenvalue weighted by Gasteiger charge is 2.39. The molecule has 0 aromatic heterocycles. The van der Waals surface area contributed by atoms with Crippen LogP contribution in [0.4, 0.5) is 5.69 Å². The van der Waals surface area contributed by atoms with Crippen LogP contribution >= 0.6 is 0 Å². The number of rotatable bonds is 4. The highest BCUT2D eigenvalue weighted by atomic mass is 16.2. The second-order valence-corrected chi connectivity index (χ2v) is 6.88. The van der Waals surface area contributed by atoms with Crippen LogP contribution in [0.5, 0.6) is 0 Å². The number of amides is 4. The van der Waals surface area contributed by atoms with Crippen molar-refractivity contribution in [3.05, 3.63) is 29.3 Å². The predicted octanol–water partition coefficient (Wildman–Crippen LogP) is 1.43. The molecule has 132 valence electrons. The lowest BCUT2D eigenvalue weighted by Gasteiger charge is -2.29. The van der Waals surface area contributed by atoms with Gasteiger partial charge in [0.2, 0.25) is 17.7 Å². The average Bonchev–Trinajstić information content (AvgIpc) is 2.85. The second kappa shape index (κ2) is 6.66. The van der Waals surface area contributed by atoms with E-state index in [0.717, 1.165) is 0 Å². The first kappa shape index (κ1) is 17.1. The fourth-order valence-corrected chi connectivity index (χ4v) is 3.27. The Hall–Kier alpha value is -2.70. The summed E-state index contributed by atoms with van der Waals surface area (Å²) >= 11 is 0. The van der Waals surface area contributed by atoms with Gasteiger partial charge in [-0.25, -0.2) is 0 Å². The molecule has 4 amide bonds. The normalized spacial score (nSPS) is 19.9. The van der Waals surface area contributed by atoms with Gasteiger partial charge in [-0.05, 0) is 24.5 Å². The number of piperidine rings is 1. The number of carbonyl (C=O) groups is 4. The summed E-state index contributed by atoms with van der Waals surface area (Å²) in [4.78, 5) is 49.6. The van der Waals surface area contributed by atoms with Crippen molar-refractivity contribution in [2.45, 2.75) is 45.7 Å². The Balaban J connectivity index is 1.81. The third kappa shape index (κ3) is 3.40. The zero-order chi connectivity index (χ0) is 18.1. The van der Waals surface area contributed by atoms with E-state index < -0.39 is 11.9 Å². The lowest BCUT2D eigenvalue weighted by Crippen LogP contribution is -2.52. The van der Waals surface area contributed by atoms with Gasteiger partial charge >= 0.3 is 0 Å². The number of nitrogens with one attached hydrogen (secondary N) is 2. The van der Waals surface area contributed by atoms with E-state index in [9.17, 15) is 19.2 Å². The summed E-state index contributed by atoms with van der Waals surface area (Å²) in [6.07, 6.45) is 0.933. The van der Waals surface area contributed by atoms with Gasteiger partial charge in [0.15, 0.2) is 0 Å². The van der Waals surface area contributed by atoms with Crippen LogP contribution in [0.15, 0.2) is 18.2 Å². The van der Waals surface area contributed by atoms with E-state index in [2.05, 4.69) is 10.6 Å². The zero-order valence-electron chi connectivity index (χ0n) is 14.3. The number of hydrogen-bond donors (Lipinski definition) is 2. The second-order valence-electron chi connectivity index (χ2n) is 6.88. The average molecular weight is 343 g/mol. The summed E-state index contributed by atoms with van der Waals surface area (Å²) in [6.45, 7) is 4.17. The molecule has 1 fully saturated rings. The number of anilines is 1. The molecule has 0 bridgehead atoms. The summed E-state index contributed by atoms with van der Waals surface area (Å²) in [7, 11) is 0. The molecule has 2 heterocycles. The molecule has 2 aliphatic heterocycles. The van der Waals surface area contributed by atoms with Gasteiger partial charge in [0.05, 0.1) is 0 Å². The fourth-order valence-electron chi connectivity index (χ4n) is 3.27. The first-order valence-corrected chi connectivity index (χ1v) is 8.43. The Kier molecular flexibility index (Phi) is 4.57. The smallest absolute Gasteiger partial charge is 0.255 e. The van der Waals surface area contributed by atoms with Gasteiger partial charge in [-0.15, -0.1) is 0 Å². The largest absolute Gasteiger partial charge is 0.326 e. The van der Waals surface area contributed by atoms with Crippen molar-refractivity contribution in [2.24, 2.45) is 5.92 Å². The summed E-state index contributed by atoms with van der Waals surface area (Å²) in [5, 5.41) is 5.14. The fraction of sp³-hybridized carbons (Fsp3) is 0.444. The van der Waals surface area contributed by atoms with Crippen molar-refractivity contribution in [3.8, 4) is 0 Å². The Bertz CT molecular complexity index is 757. The molecule has 1 saturated heterocycles. The van der Waals surface area contributed by atoms with Crippen molar-refractivity contribution in [1.29, 1.82) is 0 Å². The third-order valence-electron chi connectivity index (χ3n) is 4.45. The molecule has 1 unspecified atom stereocenters. The number of fused-ring (bicyclic) bond motifs is 1. The first-order valence-electron chi connectivity index (χ1n) is 8.43. The van der Waals surface area contributed by atoms with Gasteiger partial charge in [0.25, 0.3) is 5.91 Å². The van der Waals surface area contributed by atoms with E-state index in [1.165, 1.54) is 4.90 Å². The molecule has 0 spiro atoms. The van der Waals surface area contributed by atoms with E-state index in [0.29, 0.717) is 29.7 Å². The van der Waals surface area contributed by atoms with Crippen LogP contribution in [0, 0.1) is 5.92 Å². The van der Waals surface area contributed by atoms with Crippen LogP contribution in [0.3, 0.4) is 0 Å². The van der Waals surface area contributed by atoms with Gasteiger partial charge in [-0.3, -0.25) is 24.5 Å². The molecule has 2 N–H and O–H groups in total. The van der Waals surface area contributed by atoms with Crippen LogP contribution in [-0.4, -0.2) is 34.6 Å². The maximum Gasteiger partial charge on any atom is 0.255 e. The quantitative estimate of drug-likeness (QED) is 0.809. The molecule has 3 rings (SSSR count). The number of nitrogens with zero attached hydrogens (tertiary/aromatic N) is 1. The van der Waals surface area contributed by atoms with Crippen molar-refractivity contribution in [2.75, 3.05) is 5.32 Å². The van der Waals surface area contributed by atoms with E-state index in [-0.39, 0.29) is 36.6 Å². The third-order valence-corrected chi connectivity index (χ3v) is 4.45. The Morgan fingerprint density at radius 1 is 1.32 bits per heavy atom. The van der Waals surface area contributed by atoms with Crippen LogP contribution in [-0.2, 0) is 20.9 Å². The Labute approximate surface area is 145 Å². The molecular weight excluding hydrogens is 322 g/mol. The van der Waals surface area contributed by atoms with E-state index in [1.807, 2.05) is 13.8 Å². The minimum atomic E-state index is -0.656. The van der Waals surface area contributed by atoms with Gasteiger partial charge in [-0.2, -0.15) is 0 Å². The highest BCUT2D eigenvalue weighted by Crippen LogP contribution is 2.32. The van der Waals surface area contributed by atoms with Crippen molar-refractivity contribution < 1.29 is 19.2 Å². The molecule has 25 heavy (non-hydrogen) atoms. The molecular formula is C18H21N3O4. The number of benzene rings is 1. The van der Waals surface area contributed by atoms with Gasteiger partial charge < -0.3 is 10.2 Å². The minimum absolute atomic E-state index is 0.102. The molecule has 7 heteroatoms. The van der Waals surface area contributed by atoms with Crippen LogP contribution in [0.2, 0.25) is 0 Å². The van der Waals surface area contributed by atoms with Crippen LogP contribution < -0.4 is 10.6 Å². The first-order chi connectivity index (χ1) is 11.9. The molecule has 1 aromatic carbocycles. The number of hydrogen-bond acceptors (Lipinski definition) is 4. The minimum Gasteiger partial charge on any atom is -0.326 e. The zero-order valence-corrected chi connectivity index (χ0v) is 14.3. The molecule has 1 atom stereocenters. The van der Waals surface area contributed by atoms with E-state index in [1.54, 1.807) is 18.2 Å². The Morgan fingerprint density at radius 3 is 2.76 bits per heavy atom. The van der Waals surface area contributed by atoms with Crippen molar-refractivity contribution in [1.82, 2.24) is 10.2 Å². The molecule has 2 aliphatic rings. The van der Waals surface area contributed by atoms with E-state index in [4.69, 9.17) is 0 Å². The Morgan fingerprint density at radius 2 is 2.08 bits per heavy atom. The van der Waals surface area contributed by atoms with E-state index >= 15 is 0 Å². The SMILES string of the molecule is CC(C)CC(=O)Nc1cccc2c1CN(C1CCC(=O)NC1=O)C2=O. The van der Waals surface area contributed by atoms with Gasteiger partial charge in [-0.1, -0.05) is 19.9 Å². The molecule has 0 saturated carbocycles. The molecule has 1 aromatic rings. The van der Waals surface area contributed by atoms with Gasteiger partial charge in [0, 0.05) is 36.2 Å². The maximum absolute atomic E-state index is 12.7. The highest BCUT2D eigenvalue weighted by molar-refractivity contribution is 6.06. The number of imide groups is 1. The lowest BCUT2D eigenvalue weighted by molar-refractivity contribution is -0.137. The monoisotopic (exact) mass is 343 g/mol. The van der Waals surface area contributed by atoms with Crippen molar-refractivity contribution >= 4 is 29.3 Å². The maximum atomic E-state index is 12.7.